The molecule has 6 heteroatoms. The number of hydrogen-bond donors (Lipinski definition) is 3. The normalized spacial score (nSPS) is 13.0. The van der Waals surface area contributed by atoms with E-state index >= 15 is 0 Å². The van der Waals surface area contributed by atoms with E-state index in [0.717, 1.165) is 11.1 Å². The highest BCUT2D eigenvalue weighted by Gasteiger charge is 2.27. The van der Waals surface area contributed by atoms with Gasteiger partial charge in [0, 0.05) is 30.7 Å². The molecule has 2 atom stereocenters. The number of benzene rings is 2. The van der Waals surface area contributed by atoms with Crippen molar-refractivity contribution < 1.29 is 14.3 Å². The standard InChI is InChI=1S/C27H39N3O3/c1-4-33-19-22-12-14-24(15-13-22)30-27(32)23(11-8-16-28)18-26(31)25(29-20(2)3)17-21-9-6-5-7-10-21/h5-7,9-10,12-15,20,23,25,29H,4,8,11,16-19,28H2,1-3H3,(H,30,32)/t23-,25+/m1/s1. The van der Waals surface area contributed by atoms with Gasteiger partial charge >= 0.3 is 0 Å². The van der Waals surface area contributed by atoms with Crippen molar-refractivity contribution >= 4 is 17.4 Å². The van der Waals surface area contributed by atoms with Crippen LogP contribution in [0, 0.1) is 5.92 Å². The molecule has 0 bridgehead atoms. The third kappa shape index (κ3) is 9.86. The van der Waals surface area contributed by atoms with Crippen LogP contribution in [0.5, 0.6) is 0 Å². The van der Waals surface area contributed by atoms with Gasteiger partial charge in [-0.3, -0.25) is 9.59 Å². The molecule has 0 unspecified atom stereocenters. The first-order chi connectivity index (χ1) is 15.9. The van der Waals surface area contributed by atoms with Crippen LogP contribution in [0.25, 0.3) is 0 Å². The molecule has 0 aliphatic rings. The van der Waals surface area contributed by atoms with Crippen LogP contribution in [0.3, 0.4) is 0 Å². The van der Waals surface area contributed by atoms with Gasteiger partial charge in [0.25, 0.3) is 0 Å². The summed E-state index contributed by atoms with van der Waals surface area (Å²) in [7, 11) is 0. The highest BCUT2D eigenvalue weighted by molar-refractivity contribution is 5.96. The molecule has 0 radical (unpaired) electrons. The smallest absolute Gasteiger partial charge is 0.227 e. The number of carbonyl (C=O) groups is 2. The molecule has 0 heterocycles. The van der Waals surface area contributed by atoms with Gasteiger partial charge in [-0.05, 0) is 56.0 Å². The molecular formula is C27H39N3O3. The molecule has 0 aliphatic carbocycles. The van der Waals surface area contributed by atoms with E-state index in [1.165, 1.54) is 0 Å². The minimum atomic E-state index is -0.420. The highest BCUT2D eigenvalue weighted by atomic mass is 16.5. The molecule has 0 spiro atoms. The van der Waals surface area contributed by atoms with Gasteiger partial charge in [0.05, 0.1) is 12.6 Å². The minimum absolute atomic E-state index is 0.0526. The molecule has 0 fully saturated rings. The first kappa shape index (κ1) is 26.7. The number of nitrogens with two attached hydrogens (primary N) is 1. The maximum Gasteiger partial charge on any atom is 0.227 e. The molecule has 6 nitrogen and oxygen atoms in total. The van der Waals surface area contributed by atoms with Gasteiger partial charge in [-0.2, -0.15) is 0 Å². The Morgan fingerprint density at radius 1 is 1.00 bits per heavy atom. The quantitative estimate of drug-likeness (QED) is 0.378. The lowest BCUT2D eigenvalue weighted by Gasteiger charge is -2.23. The van der Waals surface area contributed by atoms with Crippen LogP contribution in [0.1, 0.15) is 51.2 Å². The molecular weight excluding hydrogens is 414 g/mol. The van der Waals surface area contributed by atoms with Crippen LogP contribution in [0.2, 0.25) is 0 Å². The average molecular weight is 454 g/mol. The Kier molecular flexibility index (Phi) is 11.8. The van der Waals surface area contributed by atoms with Gasteiger partial charge in [0.1, 0.15) is 0 Å². The summed E-state index contributed by atoms with van der Waals surface area (Å²) in [5, 5.41) is 6.36. The van der Waals surface area contributed by atoms with Crippen molar-refractivity contribution in [1.82, 2.24) is 5.32 Å². The summed E-state index contributed by atoms with van der Waals surface area (Å²) in [6.45, 7) is 7.70. The largest absolute Gasteiger partial charge is 0.377 e. The van der Waals surface area contributed by atoms with E-state index in [2.05, 4.69) is 10.6 Å². The summed E-state index contributed by atoms with van der Waals surface area (Å²) in [5.41, 5.74) is 8.56. The zero-order chi connectivity index (χ0) is 24.1. The van der Waals surface area contributed by atoms with Crippen LogP contribution >= 0.6 is 0 Å². The lowest BCUT2D eigenvalue weighted by atomic mass is 9.90. The van der Waals surface area contributed by atoms with Gasteiger partial charge in [-0.1, -0.05) is 56.3 Å². The molecule has 0 aromatic heterocycles. The van der Waals surface area contributed by atoms with Crippen LogP contribution in [0.15, 0.2) is 54.6 Å². The van der Waals surface area contributed by atoms with Crippen LogP contribution in [-0.2, 0) is 27.4 Å². The monoisotopic (exact) mass is 453 g/mol. The van der Waals surface area contributed by atoms with Crippen molar-refractivity contribution in [2.45, 2.75) is 65.1 Å². The zero-order valence-corrected chi connectivity index (χ0v) is 20.2. The van der Waals surface area contributed by atoms with Crippen molar-refractivity contribution in [2.75, 3.05) is 18.5 Å². The van der Waals surface area contributed by atoms with Crippen LogP contribution < -0.4 is 16.4 Å². The Morgan fingerprint density at radius 2 is 1.70 bits per heavy atom. The Hall–Kier alpha value is -2.54. The van der Waals surface area contributed by atoms with Crippen molar-refractivity contribution in [3.8, 4) is 0 Å². The molecule has 2 aromatic rings. The fourth-order valence-corrected chi connectivity index (χ4v) is 3.74. The lowest BCUT2D eigenvalue weighted by Crippen LogP contribution is -2.43. The van der Waals surface area contributed by atoms with Crippen molar-refractivity contribution in [1.29, 1.82) is 0 Å². The number of nitrogens with one attached hydrogen (secondary N) is 2. The Morgan fingerprint density at radius 3 is 2.30 bits per heavy atom. The van der Waals surface area contributed by atoms with E-state index in [1.54, 1.807) is 0 Å². The maximum atomic E-state index is 13.3. The highest BCUT2D eigenvalue weighted by Crippen LogP contribution is 2.19. The second-order valence-electron chi connectivity index (χ2n) is 8.69. The van der Waals surface area contributed by atoms with Gasteiger partial charge in [-0.25, -0.2) is 0 Å². The maximum absolute atomic E-state index is 13.3. The second-order valence-corrected chi connectivity index (χ2v) is 8.69. The van der Waals surface area contributed by atoms with E-state index < -0.39 is 5.92 Å². The molecule has 33 heavy (non-hydrogen) atoms. The Balaban J connectivity index is 2.06. The number of rotatable bonds is 15. The summed E-state index contributed by atoms with van der Waals surface area (Å²) in [4.78, 5) is 26.3. The number of hydrogen-bond acceptors (Lipinski definition) is 5. The molecule has 2 rings (SSSR count). The minimum Gasteiger partial charge on any atom is -0.377 e. The first-order valence-electron chi connectivity index (χ1n) is 11.9. The summed E-state index contributed by atoms with van der Waals surface area (Å²) < 4.78 is 5.42. The number of anilines is 1. The predicted molar refractivity (Wildman–Crippen MR) is 134 cm³/mol. The Labute approximate surface area is 198 Å². The molecule has 2 aromatic carbocycles. The first-order valence-corrected chi connectivity index (χ1v) is 11.9. The average Bonchev–Trinajstić information content (AvgIpc) is 2.81. The van der Waals surface area contributed by atoms with E-state index in [0.29, 0.717) is 44.7 Å². The van der Waals surface area contributed by atoms with Crippen molar-refractivity contribution in [2.24, 2.45) is 11.7 Å². The van der Waals surface area contributed by atoms with Gasteiger partial charge < -0.3 is 21.1 Å². The number of Topliss-reactive ketones (excluding diaryl/α,β-unsaturated/α-hetero) is 1. The molecule has 180 valence electrons. The molecule has 4 N–H and O–H groups in total. The third-order valence-electron chi connectivity index (χ3n) is 5.48. The summed E-state index contributed by atoms with van der Waals surface area (Å²) >= 11 is 0. The summed E-state index contributed by atoms with van der Waals surface area (Å²) in [6.07, 6.45) is 2.06. The SMILES string of the molecule is CCOCc1ccc(NC(=O)[C@H](CCCN)CC(=O)[C@H](Cc2ccccc2)NC(C)C)cc1. The lowest BCUT2D eigenvalue weighted by molar-refractivity contribution is -0.127. The third-order valence-corrected chi connectivity index (χ3v) is 5.48. The number of carbonyl (C=O) groups excluding carboxylic acids is 2. The second kappa shape index (κ2) is 14.6. The van der Waals surface area contributed by atoms with Crippen molar-refractivity contribution in [3.63, 3.8) is 0 Å². The van der Waals surface area contributed by atoms with Gasteiger partial charge in [0.2, 0.25) is 5.91 Å². The van der Waals surface area contributed by atoms with E-state index in [9.17, 15) is 9.59 Å². The van der Waals surface area contributed by atoms with Crippen molar-refractivity contribution in [3.05, 3.63) is 65.7 Å². The molecule has 0 saturated carbocycles. The van der Waals surface area contributed by atoms with Crippen LogP contribution in [-0.4, -0.2) is 36.9 Å². The number of ether oxygens (including phenoxy) is 1. The van der Waals surface area contributed by atoms with Crippen LogP contribution in [0.4, 0.5) is 5.69 Å². The fourth-order valence-electron chi connectivity index (χ4n) is 3.74. The Bertz CT molecular complexity index is 837. The zero-order valence-electron chi connectivity index (χ0n) is 20.2. The van der Waals surface area contributed by atoms with E-state index in [4.69, 9.17) is 10.5 Å². The number of ketones is 1. The van der Waals surface area contributed by atoms with E-state index in [1.807, 2.05) is 75.4 Å². The topological polar surface area (TPSA) is 93.4 Å². The molecule has 0 saturated heterocycles. The molecule has 0 aliphatic heterocycles. The van der Waals surface area contributed by atoms with Gasteiger partial charge in [0.15, 0.2) is 5.78 Å². The predicted octanol–water partition coefficient (Wildman–Crippen LogP) is 4.09. The van der Waals surface area contributed by atoms with Gasteiger partial charge in [-0.15, -0.1) is 0 Å². The fraction of sp³-hybridized carbons (Fsp3) is 0.481. The molecule has 1 amide bonds. The summed E-state index contributed by atoms with van der Waals surface area (Å²) in [5.74, 6) is -0.509. The number of amides is 1. The summed E-state index contributed by atoms with van der Waals surface area (Å²) in [6, 6.07) is 17.4. The van der Waals surface area contributed by atoms with E-state index in [-0.39, 0.29) is 30.2 Å².